The lowest BCUT2D eigenvalue weighted by molar-refractivity contribution is -0.385. The van der Waals surface area contributed by atoms with Crippen molar-refractivity contribution < 1.29 is 19.2 Å². The van der Waals surface area contributed by atoms with Crippen LogP contribution in [0.4, 0.5) is 5.69 Å². The molecular weight excluding hydrogens is 334 g/mol. The molecule has 0 aromatic heterocycles. The molecule has 6 nitrogen and oxygen atoms in total. The van der Waals surface area contributed by atoms with Crippen molar-refractivity contribution in [1.29, 1.82) is 0 Å². The summed E-state index contributed by atoms with van der Waals surface area (Å²) >= 11 is 0. The van der Waals surface area contributed by atoms with Crippen molar-refractivity contribution in [3.8, 4) is 5.75 Å². The summed E-state index contributed by atoms with van der Waals surface area (Å²) < 4.78 is 10.5. The first-order valence-electron chi connectivity index (χ1n) is 8.44. The Morgan fingerprint density at radius 1 is 1.27 bits per heavy atom. The first-order chi connectivity index (χ1) is 12.3. The Morgan fingerprint density at radius 3 is 2.58 bits per heavy atom. The Bertz CT molecular complexity index is 850. The number of benzene rings is 2. The van der Waals surface area contributed by atoms with E-state index in [1.54, 1.807) is 18.2 Å². The molecule has 26 heavy (non-hydrogen) atoms. The Labute approximate surface area is 151 Å². The Morgan fingerprint density at radius 2 is 1.96 bits per heavy atom. The van der Waals surface area contributed by atoms with Crippen LogP contribution in [0.25, 0.3) is 0 Å². The van der Waals surface area contributed by atoms with Crippen LogP contribution in [0.3, 0.4) is 0 Å². The molecule has 1 aliphatic heterocycles. The minimum atomic E-state index is -0.532. The second-order valence-corrected chi connectivity index (χ2v) is 7.33. The van der Waals surface area contributed by atoms with E-state index in [1.165, 1.54) is 12.1 Å². The number of carbonyl (C=O) groups is 1. The highest BCUT2D eigenvalue weighted by Gasteiger charge is 2.27. The molecular formula is C20H21NO5. The van der Waals surface area contributed by atoms with Crippen molar-refractivity contribution in [2.75, 3.05) is 13.2 Å². The minimum absolute atomic E-state index is 0.00502. The molecule has 0 saturated carbocycles. The highest BCUT2D eigenvalue weighted by Crippen LogP contribution is 2.32. The first-order valence-corrected chi connectivity index (χ1v) is 8.44. The van der Waals surface area contributed by atoms with Gasteiger partial charge in [-0.15, -0.1) is 0 Å². The lowest BCUT2D eigenvalue weighted by Gasteiger charge is -2.22. The zero-order valence-electron chi connectivity index (χ0n) is 15.0. The lowest BCUT2D eigenvalue weighted by Crippen LogP contribution is -2.17. The van der Waals surface area contributed by atoms with Gasteiger partial charge in [-0.05, 0) is 23.1 Å². The van der Waals surface area contributed by atoms with Gasteiger partial charge >= 0.3 is 5.69 Å². The molecule has 2 aromatic carbocycles. The number of hydrogen-bond acceptors (Lipinski definition) is 5. The van der Waals surface area contributed by atoms with Gasteiger partial charge in [0.05, 0.1) is 11.5 Å². The molecule has 3 rings (SSSR count). The number of nitro benzene ring substituents is 1. The molecule has 1 unspecified atom stereocenters. The van der Waals surface area contributed by atoms with Crippen molar-refractivity contribution in [3.05, 3.63) is 69.3 Å². The molecule has 0 aliphatic carbocycles. The van der Waals surface area contributed by atoms with E-state index >= 15 is 0 Å². The lowest BCUT2D eigenvalue weighted by atomic mass is 9.82. The van der Waals surface area contributed by atoms with E-state index in [0.717, 1.165) is 5.56 Å². The zero-order chi connectivity index (χ0) is 18.9. The van der Waals surface area contributed by atoms with Gasteiger partial charge in [0, 0.05) is 17.2 Å². The molecule has 2 aromatic rings. The minimum Gasteiger partial charge on any atom is -0.484 e. The number of carbonyl (C=O) groups excluding carboxylic acids is 1. The van der Waals surface area contributed by atoms with Crippen LogP contribution in [0, 0.1) is 10.1 Å². The van der Waals surface area contributed by atoms with Crippen molar-refractivity contribution in [1.82, 2.24) is 0 Å². The Balaban J connectivity index is 1.95. The fourth-order valence-corrected chi connectivity index (χ4v) is 2.76. The van der Waals surface area contributed by atoms with E-state index in [4.69, 9.17) is 9.47 Å². The van der Waals surface area contributed by atoms with Crippen LogP contribution in [-0.4, -0.2) is 30.0 Å². The van der Waals surface area contributed by atoms with Crippen molar-refractivity contribution >= 4 is 11.5 Å². The molecule has 1 heterocycles. The van der Waals surface area contributed by atoms with Crippen molar-refractivity contribution in [2.45, 2.75) is 32.3 Å². The standard InChI is InChI=1S/C20H21NO5/c1-20(2,3)16-7-5-4-6-15(16)19(22)13-8-9-18(17(10-13)21(23)24)26-12-14-11-25-14/h4-10,14H,11-12H2,1-3H3. The summed E-state index contributed by atoms with van der Waals surface area (Å²) in [5.41, 5.74) is 1.28. The SMILES string of the molecule is CC(C)(C)c1ccccc1C(=O)c1ccc(OCC2CO2)c([N+](=O)[O-])c1. The smallest absolute Gasteiger partial charge is 0.311 e. The second kappa shape index (κ2) is 6.88. The van der Waals surface area contributed by atoms with Crippen LogP contribution in [0.2, 0.25) is 0 Å². The van der Waals surface area contributed by atoms with Gasteiger partial charge in [0.2, 0.25) is 0 Å². The van der Waals surface area contributed by atoms with Gasteiger partial charge in [-0.1, -0.05) is 45.0 Å². The van der Waals surface area contributed by atoms with Gasteiger partial charge < -0.3 is 9.47 Å². The van der Waals surface area contributed by atoms with Gasteiger partial charge in [0.1, 0.15) is 12.7 Å². The third-order valence-electron chi connectivity index (χ3n) is 4.22. The molecule has 136 valence electrons. The number of hydrogen-bond donors (Lipinski definition) is 0. The van der Waals surface area contributed by atoms with Crippen LogP contribution >= 0.6 is 0 Å². The maximum atomic E-state index is 13.0. The summed E-state index contributed by atoms with van der Waals surface area (Å²) in [6.45, 7) is 6.95. The molecule has 0 radical (unpaired) electrons. The van der Waals surface area contributed by atoms with Crippen LogP contribution < -0.4 is 4.74 Å². The summed E-state index contributed by atoms with van der Waals surface area (Å²) in [6.07, 6.45) is -0.00502. The number of nitro groups is 1. The summed E-state index contributed by atoms with van der Waals surface area (Å²) in [5.74, 6) is -0.0955. The summed E-state index contributed by atoms with van der Waals surface area (Å²) in [6, 6.07) is 11.7. The third-order valence-corrected chi connectivity index (χ3v) is 4.22. The van der Waals surface area contributed by atoms with Crippen LogP contribution in [0.1, 0.15) is 42.3 Å². The van der Waals surface area contributed by atoms with Crippen molar-refractivity contribution in [3.63, 3.8) is 0 Å². The highest BCUT2D eigenvalue weighted by molar-refractivity contribution is 6.10. The maximum absolute atomic E-state index is 13.0. The number of rotatable bonds is 6. The van der Waals surface area contributed by atoms with Crippen LogP contribution in [0.15, 0.2) is 42.5 Å². The van der Waals surface area contributed by atoms with Crippen LogP contribution in [-0.2, 0) is 10.2 Å². The van der Waals surface area contributed by atoms with Crippen LogP contribution in [0.5, 0.6) is 5.75 Å². The van der Waals surface area contributed by atoms with Gasteiger partial charge in [0.15, 0.2) is 11.5 Å². The molecule has 0 bridgehead atoms. The van der Waals surface area contributed by atoms with Gasteiger partial charge in [-0.2, -0.15) is 0 Å². The summed E-state index contributed by atoms with van der Waals surface area (Å²) in [7, 11) is 0. The predicted molar refractivity (Wildman–Crippen MR) is 96.9 cm³/mol. The molecule has 0 spiro atoms. The maximum Gasteiger partial charge on any atom is 0.311 e. The zero-order valence-corrected chi connectivity index (χ0v) is 15.0. The van der Waals surface area contributed by atoms with Crippen molar-refractivity contribution in [2.24, 2.45) is 0 Å². The van der Waals surface area contributed by atoms with Gasteiger partial charge in [-0.25, -0.2) is 0 Å². The van der Waals surface area contributed by atoms with E-state index in [-0.39, 0.29) is 40.9 Å². The Hall–Kier alpha value is -2.73. The highest BCUT2D eigenvalue weighted by atomic mass is 16.6. The van der Waals surface area contributed by atoms with Gasteiger partial charge in [0.25, 0.3) is 0 Å². The average molecular weight is 355 g/mol. The molecule has 1 atom stereocenters. The molecule has 1 fully saturated rings. The number of ether oxygens (including phenoxy) is 2. The summed E-state index contributed by atoms with van der Waals surface area (Å²) in [5, 5.41) is 11.4. The van der Waals surface area contributed by atoms with E-state index in [0.29, 0.717) is 12.2 Å². The van der Waals surface area contributed by atoms with Gasteiger partial charge in [-0.3, -0.25) is 14.9 Å². The number of nitrogens with zero attached hydrogens (tertiary/aromatic N) is 1. The van der Waals surface area contributed by atoms with E-state index < -0.39 is 4.92 Å². The van der Waals surface area contributed by atoms with E-state index in [1.807, 2.05) is 32.9 Å². The molecule has 0 N–H and O–H groups in total. The summed E-state index contributed by atoms with van der Waals surface area (Å²) in [4.78, 5) is 23.9. The fraction of sp³-hybridized carbons (Fsp3) is 0.350. The molecule has 0 amide bonds. The molecule has 6 heteroatoms. The average Bonchev–Trinajstić information content (AvgIpc) is 3.43. The largest absolute Gasteiger partial charge is 0.484 e. The quantitative estimate of drug-likeness (QED) is 0.340. The predicted octanol–water partition coefficient (Wildman–Crippen LogP) is 3.90. The van der Waals surface area contributed by atoms with E-state index in [9.17, 15) is 14.9 Å². The number of epoxide rings is 1. The topological polar surface area (TPSA) is 82.0 Å². The second-order valence-electron chi connectivity index (χ2n) is 7.33. The normalized spacial score (nSPS) is 16.2. The third kappa shape index (κ3) is 3.91. The fourth-order valence-electron chi connectivity index (χ4n) is 2.76. The molecule has 1 saturated heterocycles. The first kappa shape index (κ1) is 18.1. The van der Waals surface area contributed by atoms with E-state index in [2.05, 4.69) is 0 Å². The Kier molecular flexibility index (Phi) is 4.78. The monoisotopic (exact) mass is 355 g/mol. The molecule has 1 aliphatic rings. The number of ketones is 1.